The Kier molecular flexibility index (Phi) is 3.86. The van der Waals surface area contributed by atoms with Crippen molar-refractivity contribution in [3.05, 3.63) is 29.0 Å². The first-order valence-corrected chi connectivity index (χ1v) is 4.22. The summed E-state index contributed by atoms with van der Waals surface area (Å²) in [7, 11) is 1.48. The van der Waals surface area contributed by atoms with Crippen molar-refractivity contribution >= 4 is 17.4 Å². The summed E-state index contributed by atoms with van der Waals surface area (Å²) in [5.41, 5.74) is 0.603. The molecule has 0 N–H and O–H groups in total. The van der Waals surface area contributed by atoms with Gasteiger partial charge >= 0.3 is 0 Å². The number of halogens is 1. The van der Waals surface area contributed by atoms with E-state index in [-0.39, 0.29) is 18.8 Å². The first kappa shape index (κ1) is 10.2. The molecule has 0 fully saturated rings. The second-order valence-electron chi connectivity index (χ2n) is 2.58. The zero-order valence-electron chi connectivity index (χ0n) is 7.29. The monoisotopic (exact) mass is 199 g/mol. The Labute approximate surface area is 81.7 Å². The van der Waals surface area contributed by atoms with Gasteiger partial charge in [0.15, 0.2) is 5.78 Å². The van der Waals surface area contributed by atoms with E-state index in [0.717, 1.165) is 0 Å². The number of pyridine rings is 1. The lowest BCUT2D eigenvalue weighted by atomic mass is 10.2. The van der Waals surface area contributed by atoms with Crippen molar-refractivity contribution in [2.45, 2.75) is 6.42 Å². The summed E-state index contributed by atoms with van der Waals surface area (Å²) < 4.78 is 4.70. The predicted octanol–water partition coefficient (Wildman–Crippen LogP) is 1.49. The molecule has 1 rings (SSSR count). The minimum Gasteiger partial charge on any atom is -0.377 e. The van der Waals surface area contributed by atoms with Crippen molar-refractivity contribution in [3.8, 4) is 0 Å². The molecule has 0 atom stereocenters. The van der Waals surface area contributed by atoms with Gasteiger partial charge in [0, 0.05) is 13.3 Å². The van der Waals surface area contributed by atoms with Gasteiger partial charge in [0.2, 0.25) is 0 Å². The van der Waals surface area contributed by atoms with Gasteiger partial charge in [0.25, 0.3) is 0 Å². The van der Waals surface area contributed by atoms with E-state index >= 15 is 0 Å². The van der Waals surface area contributed by atoms with Gasteiger partial charge in [-0.05, 0) is 12.1 Å². The first-order valence-electron chi connectivity index (χ1n) is 3.84. The third-order valence-electron chi connectivity index (χ3n) is 1.50. The van der Waals surface area contributed by atoms with Crippen LogP contribution >= 0.6 is 11.6 Å². The van der Waals surface area contributed by atoms with Crippen LogP contribution in [-0.4, -0.2) is 24.5 Å². The fourth-order valence-corrected chi connectivity index (χ4v) is 1.14. The Morgan fingerprint density at radius 3 is 3.08 bits per heavy atom. The van der Waals surface area contributed by atoms with Gasteiger partial charge in [-0.25, -0.2) is 0 Å². The molecule has 0 radical (unpaired) electrons. The molecular formula is C9H10ClNO2. The number of carbonyl (C=O) groups excluding carboxylic acids is 1. The van der Waals surface area contributed by atoms with E-state index in [4.69, 9.17) is 16.3 Å². The van der Waals surface area contributed by atoms with Gasteiger partial charge in [-0.1, -0.05) is 11.6 Å². The van der Waals surface area contributed by atoms with Crippen LogP contribution in [0.4, 0.5) is 0 Å². The average Bonchev–Trinajstić information content (AvgIpc) is 2.09. The van der Waals surface area contributed by atoms with E-state index < -0.39 is 0 Å². The Balaban J connectivity index is 2.63. The zero-order valence-corrected chi connectivity index (χ0v) is 8.04. The molecule has 70 valence electrons. The Morgan fingerprint density at radius 2 is 2.46 bits per heavy atom. The molecular weight excluding hydrogens is 190 g/mol. The lowest BCUT2D eigenvalue weighted by molar-refractivity contribution is -0.122. The van der Waals surface area contributed by atoms with Crippen LogP contribution in [0.1, 0.15) is 5.69 Å². The van der Waals surface area contributed by atoms with E-state index in [1.165, 1.54) is 7.11 Å². The lowest BCUT2D eigenvalue weighted by Crippen LogP contribution is -2.10. The second-order valence-corrected chi connectivity index (χ2v) is 2.99. The number of hydrogen-bond acceptors (Lipinski definition) is 3. The summed E-state index contributed by atoms with van der Waals surface area (Å²) in [6.07, 6.45) is 1.84. The van der Waals surface area contributed by atoms with Gasteiger partial charge in [-0.3, -0.25) is 9.78 Å². The number of rotatable bonds is 4. The maximum Gasteiger partial charge on any atom is 0.164 e. The highest BCUT2D eigenvalue weighted by Crippen LogP contribution is 2.12. The lowest BCUT2D eigenvalue weighted by Gasteiger charge is -2.00. The quantitative estimate of drug-likeness (QED) is 0.738. The number of ketones is 1. The number of nitrogens with zero attached hydrogens (tertiary/aromatic N) is 1. The Morgan fingerprint density at radius 1 is 1.69 bits per heavy atom. The Bertz CT molecular complexity index is 301. The van der Waals surface area contributed by atoms with Crippen LogP contribution in [0.3, 0.4) is 0 Å². The summed E-state index contributed by atoms with van der Waals surface area (Å²) in [6, 6.07) is 3.44. The molecule has 1 aromatic rings. The molecule has 0 amide bonds. The van der Waals surface area contributed by atoms with Crippen molar-refractivity contribution in [2.75, 3.05) is 13.7 Å². The Hall–Kier alpha value is -0.930. The predicted molar refractivity (Wildman–Crippen MR) is 49.8 cm³/mol. The SMILES string of the molecule is COCC(=O)Cc1ncccc1Cl. The molecule has 13 heavy (non-hydrogen) atoms. The van der Waals surface area contributed by atoms with Crippen LogP contribution in [0.2, 0.25) is 5.02 Å². The molecule has 0 bridgehead atoms. The molecule has 0 unspecified atom stereocenters. The van der Waals surface area contributed by atoms with Crippen molar-refractivity contribution in [3.63, 3.8) is 0 Å². The van der Waals surface area contributed by atoms with Crippen molar-refractivity contribution in [1.82, 2.24) is 4.98 Å². The van der Waals surface area contributed by atoms with E-state index in [1.54, 1.807) is 18.3 Å². The molecule has 0 aliphatic carbocycles. The molecule has 1 heterocycles. The summed E-state index contributed by atoms with van der Waals surface area (Å²) in [5, 5.41) is 0.520. The fourth-order valence-electron chi connectivity index (χ4n) is 0.947. The smallest absolute Gasteiger partial charge is 0.164 e. The molecule has 3 nitrogen and oxygen atoms in total. The van der Waals surface area contributed by atoms with Gasteiger partial charge in [-0.15, -0.1) is 0 Å². The summed E-state index contributed by atoms with van der Waals surface area (Å²) in [6.45, 7) is 0.104. The summed E-state index contributed by atoms with van der Waals surface area (Å²) in [4.78, 5) is 15.1. The van der Waals surface area contributed by atoms with Crippen molar-refractivity contribution in [1.29, 1.82) is 0 Å². The van der Waals surface area contributed by atoms with Crippen LogP contribution in [0.15, 0.2) is 18.3 Å². The number of carbonyl (C=O) groups is 1. The molecule has 0 aliphatic rings. The second kappa shape index (κ2) is 4.94. The molecule has 0 saturated heterocycles. The van der Waals surface area contributed by atoms with E-state index in [0.29, 0.717) is 10.7 Å². The largest absolute Gasteiger partial charge is 0.377 e. The van der Waals surface area contributed by atoms with Crippen LogP contribution in [-0.2, 0) is 16.0 Å². The first-order chi connectivity index (χ1) is 6.24. The van der Waals surface area contributed by atoms with Crippen LogP contribution in [0.25, 0.3) is 0 Å². The normalized spacial score (nSPS) is 10.0. The maximum atomic E-state index is 11.1. The highest BCUT2D eigenvalue weighted by Gasteiger charge is 2.06. The van der Waals surface area contributed by atoms with E-state index in [1.807, 2.05) is 0 Å². The molecule has 0 saturated carbocycles. The molecule has 4 heteroatoms. The van der Waals surface area contributed by atoms with Crippen LogP contribution < -0.4 is 0 Å². The standard InChI is InChI=1S/C9H10ClNO2/c1-13-6-7(12)5-9-8(10)3-2-4-11-9/h2-4H,5-6H2,1H3. The molecule has 0 aliphatic heterocycles. The van der Waals surface area contributed by atoms with Crippen molar-refractivity contribution < 1.29 is 9.53 Å². The van der Waals surface area contributed by atoms with Gasteiger partial charge in [0.05, 0.1) is 17.1 Å². The minimum absolute atomic E-state index is 0.0249. The molecule has 1 aromatic heterocycles. The number of methoxy groups -OCH3 is 1. The van der Waals surface area contributed by atoms with Gasteiger partial charge in [-0.2, -0.15) is 0 Å². The summed E-state index contributed by atoms with van der Waals surface area (Å²) >= 11 is 5.81. The van der Waals surface area contributed by atoms with Crippen LogP contribution in [0, 0.1) is 0 Å². The maximum absolute atomic E-state index is 11.1. The molecule has 0 aromatic carbocycles. The average molecular weight is 200 g/mol. The fraction of sp³-hybridized carbons (Fsp3) is 0.333. The third-order valence-corrected chi connectivity index (χ3v) is 1.85. The van der Waals surface area contributed by atoms with Gasteiger partial charge < -0.3 is 4.74 Å². The highest BCUT2D eigenvalue weighted by atomic mass is 35.5. The highest BCUT2D eigenvalue weighted by molar-refractivity contribution is 6.31. The van der Waals surface area contributed by atoms with E-state index in [2.05, 4.69) is 4.98 Å². The third kappa shape index (κ3) is 3.13. The number of hydrogen-bond donors (Lipinski definition) is 0. The van der Waals surface area contributed by atoms with Crippen molar-refractivity contribution in [2.24, 2.45) is 0 Å². The van der Waals surface area contributed by atoms with Gasteiger partial charge in [0.1, 0.15) is 6.61 Å². The number of aromatic nitrogens is 1. The minimum atomic E-state index is -0.0249. The number of Topliss-reactive ketones (excluding diaryl/α,β-unsaturated/α-hetero) is 1. The van der Waals surface area contributed by atoms with E-state index in [9.17, 15) is 4.79 Å². The molecule has 0 spiro atoms. The zero-order chi connectivity index (χ0) is 9.68. The number of ether oxygens (including phenoxy) is 1. The topological polar surface area (TPSA) is 39.2 Å². The summed E-state index contributed by atoms with van der Waals surface area (Å²) in [5.74, 6) is -0.0249. The van der Waals surface area contributed by atoms with Crippen LogP contribution in [0.5, 0.6) is 0 Å².